The molecule has 0 radical (unpaired) electrons. The van der Waals surface area contributed by atoms with Crippen LogP contribution in [0.1, 0.15) is 26.3 Å². The summed E-state index contributed by atoms with van der Waals surface area (Å²) in [4.78, 5) is 33.2. The highest BCUT2D eigenvalue weighted by molar-refractivity contribution is 5.95. The predicted octanol–water partition coefficient (Wildman–Crippen LogP) is 2.06. The Labute approximate surface area is 143 Å². The minimum atomic E-state index is -0.727. The number of carbonyl (C=O) groups excluding carboxylic acids is 2. The van der Waals surface area contributed by atoms with E-state index in [-0.39, 0.29) is 5.56 Å². The molecule has 2 aromatic carbocycles. The van der Waals surface area contributed by atoms with Gasteiger partial charge in [-0.3, -0.25) is 14.9 Å². The topological polar surface area (TPSA) is 119 Å². The van der Waals surface area contributed by atoms with Crippen LogP contribution in [0.15, 0.2) is 42.5 Å². The lowest BCUT2D eigenvalue weighted by atomic mass is 10.1. The molecule has 0 heterocycles. The van der Waals surface area contributed by atoms with Gasteiger partial charge in [0.15, 0.2) is 5.75 Å². The van der Waals surface area contributed by atoms with Crippen molar-refractivity contribution in [3.8, 4) is 5.75 Å². The molecular weight excluding hydrogens is 328 g/mol. The van der Waals surface area contributed by atoms with Gasteiger partial charge in [0.2, 0.25) is 0 Å². The minimum absolute atomic E-state index is 0.129. The molecule has 0 saturated carbocycles. The number of phenolic OH excluding ortho intramolecular Hbond substituents is 1. The standard InChI is InChI=1S/C17H16N2O6/c1-25-17(22)12-4-2-11(3-5-12)8-9-18-16(21)13-6-7-14(19(23)24)15(20)10-13/h2-7,10,20H,8-9H2,1H3,(H,18,21). The first-order valence-corrected chi connectivity index (χ1v) is 7.35. The van der Waals surface area contributed by atoms with Crippen molar-refractivity contribution >= 4 is 17.6 Å². The van der Waals surface area contributed by atoms with E-state index in [1.165, 1.54) is 13.2 Å². The first-order valence-electron chi connectivity index (χ1n) is 7.35. The Morgan fingerprint density at radius 3 is 2.36 bits per heavy atom. The molecule has 2 rings (SSSR count). The quantitative estimate of drug-likeness (QED) is 0.470. The second-order valence-electron chi connectivity index (χ2n) is 5.16. The first kappa shape index (κ1) is 17.9. The van der Waals surface area contributed by atoms with E-state index in [1.807, 2.05) is 0 Å². The summed E-state index contributed by atoms with van der Waals surface area (Å²) in [5, 5.41) is 22.8. The van der Waals surface area contributed by atoms with Crippen LogP contribution in [-0.2, 0) is 11.2 Å². The van der Waals surface area contributed by atoms with E-state index in [2.05, 4.69) is 10.1 Å². The van der Waals surface area contributed by atoms with E-state index >= 15 is 0 Å². The molecule has 0 aromatic heterocycles. The average molecular weight is 344 g/mol. The summed E-state index contributed by atoms with van der Waals surface area (Å²) in [6, 6.07) is 10.2. The van der Waals surface area contributed by atoms with E-state index < -0.39 is 28.2 Å². The molecule has 0 fully saturated rings. The Morgan fingerprint density at radius 1 is 1.16 bits per heavy atom. The number of esters is 1. The van der Waals surface area contributed by atoms with Gasteiger partial charge in [0, 0.05) is 18.2 Å². The summed E-state index contributed by atoms with van der Waals surface area (Å²) < 4.78 is 4.61. The number of nitrogens with zero attached hydrogens (tertiary/aromatic N) is 1. The summed E-state index contributed by atoms with van der Waals surface area (Å²) in [6.07, 6.45) is 0.534. The van der Waals surface area contributed by atoms with Gasteiger partial charge in [-0.1, -0.05) is 12.1 Å². The minimum Gasteiger partial charge on any atom is -0.502 e. The maximum Gasteiger partial charge on any atom is 0.337 e. The van der Waals surface area contributed by atoms with Crippen LogP contribution in [0.2, 0.25) is 0 Å². The molecule has 1 amide bonds. The number of nitro benzene ring substituents is 1. The molecule has 25 heavy (non-hydrogen) atoms. The van der Waals surface area contributed by atoms with E-state index in [1.54, 1.807) is 24.3 Å². The lowest BCUT2D eigenvalue weighted by Crippen LogP contribution is -2.25. The fourth-order valence-electron chi connectivity index (χ4n) is 2.17. The molecule has 2 N–H and O–H groups in total. The number of benzene rings is 2. The number of carbonyl (C=O) groups is 2. The number of phenols is 1. The van der Waals surface area contributed by atoms with Gasteiger partial charge in [-0.25, -0.2) is 4.79 Å². The smallest absolute Gasteiger partial charge is 0.337 e. The fourth-order valence-corrected chi connectivity index (χ4v) is 2.17. The number of amides is 1. The van der Waals surface area contributed by atoms with Crippen molar-refractivity contribution in [2.24, 2.45) is 0 Å². The third-order valence-electron chi connectivity index (χ3n) is 3.51. The molecule has 8 nitrogen and oxygen atoms in total. The molecule has 8 heteroatoms. The zero-order valence-corrected chi connectivity index (χ0v) is 13.4. The summed E-state index contributed by atoms with van der Waals surface area (Å²) >= 11 is 0. The zero-order valence-electron chi connectivity index (χ0n) is 13.4. The highest BCUT2D eigenvalue weighted by Crippen LogP contribution is 2.26. The predicted molar refractivity (Wildman–Crippen MR) is 88.6 cm³/mol. The Kier molecular flexibility index (Phi) is 5.67. The molecule has 0 atom stereocenters. The number of ether oxygens (including phenoxy) is 1. The SMILES string of the molecule is COC(=O)c1ccc(CCNC(=O)c2ccc([N+](=O)[O-])c(O)c2)cc1. The number of methoxy groups -OCH3 is 1. The summed E-state index contributed by atoms with van der Waals surface area (Å²) in [6.45, 7) is 0.328. The van der Waals surface area contributed by atoms with Crippen molar-refractivity contribution in [3.05, 3.63) is 69.3 Å². The summed E-state index contributed by atoms with van der Waals surface area (Å²) in [5.41, 5.74) is 1.03. The van der Waals surface area contributed by atoms with Gasteiger partial charge < -0.3 is 15.2 Å². The van der Waals surface area contributed by atoms with Crippen LogP contribution in [0.25, 0.3) is 0 Å². The Bertz CT molecular complexity index is 801. The van der Waals surface area contributed by atoms with Crippen LogP contribution < -0.4 is 5.32 Å². The second kappa shape index (κ2) is 7.91. The van der Waals surface area contributed by atoms with Crippen LogP contribution in [-0.4, -0.2) is 35.6 Å². The van der Waals surface area contributed by atoms with Crippen LogP contribution in [0.3, 0.4) is 0 Å². The van der Waals surface area contributed by atoms with E-state index in [0.29, 0.717) is 18.5 Å². The van der Waals surface area contributed by atoms with Gasteiger partial charge >= 0.3 is 11.7 Å². The number of nitrogens with one attached hydrogen (secondary N) is 1. The molecule has 0 saturated heterocycles. The maximum absolute atomic E-state index is 12.0. The van der Waals surface area contributed by atoms with Crippen LogP contribution in [0.4, 0.5) is 5.69 Å². The molecule has 0 aliphatic heterocycles. The van der Waals surface area contributed by atoms with Gasteiger partial charge in [0.25, 0.3) is 5.91 Å². The number of aromatic hydroxyl groups is 1. The Morgan fingerprint density at radius 2 is 1.80 bits per heavy atom. The van der Waals surface area contributed by atoms with Crippen molar-refractivity contribution in [3.63, 3.8) is 0 Å². The van der Waals surface area contributed by atoms with Gasteiger partial charge in [-0.2, -0.15) is 0 Å². The summed E-state index contributed by atoms with van der Waals surface area (Å²) in [7, 11) is 1.31. The molecule has 2 aromatic rings. The van der Waals surface area contributed by atoms with Crippen molar-refractivity contribution in [1.29, 1.82) is 0 Å². The molecule has 130 valence electrons. The number of rotatable bonds is 6. The van der Waals surface area contributed by atoms with E-state index in [0.717, 1.165) is 17.7 Å². The largest absolute Gasteiger partial charge is 0.502 e. The van der Waals surface area contributed by atoms with Crippen molar-refractivity contribution in [2.45, 2.75) is 6.42 Å². The van der Waals surface area contributed by atoms with Gasteiger partial charge in [0.05, 0.1) is 17.6 Å². The van der Waals surface area contributed by atoms with Gasteiger partial charge in [0.1, 0.15) is 0 Å². The highest BCUT2D eigenvalue weighted by atomic mass is 16.6. The van der Waals surface area contributed by atoms with Crippen molar-refractivity contribution in [2.75, 3.05) is 13.7 Å². The number of hydrogen-bond acceptors (Lipinski definition) is 6. The Balaban J connectivity index is 1.91. The lowest BCUT2D eigenvalue weighted by molar-refractivity contribution is -0.385. The van der Waals surface area contributed by atoms with Crippen LogP contribution in [0.5, 0.6) is 5.75 Å². The van der Waals surface area contributed by atoms with E-state index in [4.69, 9.17) is 0 Å². The maximum atomic E-state index is 12.0. The normalized spacial score (nSPS) is 10.1. The third-order valence-corrected chi connectivity index (χ3v) is 3.51. The van der Waals surface area contributed by atoms with Crippen molar-refractivity contribution in [1.82, 2.24) is 5.32 Å². The molecular formula is C17H16N2O6. The zero-order chi connectivity index (χ0) is 18.4. The van der Waals surface area contributed by atoms with Crippen LogP contribution in [0, 0.1) is 10.1 Å². The van der Waals surface area contributed by atoms with E-state index in [9.17, 15) is 24.8 Å². The molecule has 0 bridgehead atoms. The fraction of sp³-hybridized carbons (Fsp3) is 0.176. The van der Waals surface area contributed by atoms with Gasteiger partial charge in [-0.15, -0.1) is 0 Å². The van der Waals surface area contributed by atoms with Crippen molar-refractivity contribution < 1.29 is 24.4 Å². The summed E-state index contributed by atoms with van der Waals surface area (Å²) in [5.74, 6) is -1.43. The second-order valence-corrected chi connectivity index (χ2v) is 5.16. The monoisotopic (exact) mass is 344 g/mol. The first-order chi connectivity index (χ1) is 11.9. The third kappa shape index (κ3) is 4.54. The molecule has 0 unspecified atom stereocenters. The van der Waals surface area contributed by atoms with Crippen LogP contribution >= 0.6 is 0 Å². The number of hydrogen-bond donors (Lipinski definition) is 2. The molecule has 0 aliphatic rings. The highest BCUT2D eigenvalue weighted by Gasteiger charge is 2.15. The molecule has 0 spiro atoms. The van der Waals surface area contributed by atoms with Gasteiger partial charge in [-0.05, 0) is 36.2 Å². The number of nitro groups is 1. The average Bonchev–Trinajstić information content (AvgIpc) is 2.61. The molecule has 0 aliphatic carbocycles. The Hall–Kier alpha value is -3.42. The lowest BCUT2D eigenvalue weighted by Gasteiger charge is -2.07.